The van der Waals surface area contributed by atoms with Crippen LogP contribution in [0, 0.1) is 0 Å². The fourth-order valence-electron chi connectivity index (χ4n) is 0.747. The zero-order chi connectivity index (χ0) is 9.56. The molecule has 5 heteroatoms. The number of amides is 2. The number of aldehydes is 1. The van der Waals surface area contributed by atoms with Crippen LogP contribution in [-0.4, -0.2) is 31.2 Å². The summed E-state index contributed by atoms with van der Waals surface area (Å²) in [7, 11) is 1.45. The van der Waals surface area contributed by atoms with Crippen molar-refractivity contribution in [3.63, 3.8) is 0 Å². The lowest BCUT2D eigenvalue weighted by molar-refractivity contribution is -0.128. The summed E-state index contributed by atoms with van der Waals surface area (Å²) in [4.78, 5) is 31.6. The van der Waals surface area contributed by atoms with Gasteiger partial charge >= 0.3 is 0 Å². The van der Waals surface area contributed by atoms with Crippen molar-refractivity contribution in [2.75, 3.05) is 7.05 Å². The van der Waals surface area contributed by atoms with Crippen LogP contribution >= 0.6 is 0 Å². The average Bonchev–Trinajstić information content (AvgIpc) is 2.01. The Morgan fingerprint density at radius 3 is 2.42 bits per heavy atom. The van der Waals surface area contributed by atoms with Crippen LogP contribution in [0.2, 0.25) is 0 Å². The molecule has 0 aliphatic carbocycles. The molecule has 0 aromatic carbocycles. The normalized spacial score (nSPS) is 11.5. The van der Waals surface area contributed by atoms with Crippen molar-refractivity contribution >= 4 is 18.1 Å². The first-order valence-electron chi connectivity index (χ1n) is 3.54. The van der Waals surface area contributed by atoms with E-state index in [1.165, 1.54) is 14.0 Å². The lowest BCUT2D eigenvalue weighted by Crippen LogP contribution is -2.45. The molecule has 5 nitrogen and oxygen atoms in total. The first-order chi connectivity index (χ1) is 5.61. The third-order valence-corrected chi connectivity index (χ3v) is 1.27. The number of carbonyl (C=O) groups is 3. The van der Waals surface area contributed by atoms with Gasteiger partial charge in [-0.15, -0.1) is 0 Å². The predicted octanol–water partition coefficient (Wildman–Crippen LogP) is -1.17. The second-order valence-corrected chi connectivity index (χ2v) is 2.27. The van der Waals surface area contributed by atoms with Crippen LogP contribution in [0.25, 0.3) is 0 Å². The molecule has 0 saturated carbocycles. The van der Waals surface area contributed by atoms with Gasteiger partial charge in [-0.05, 0) is 0 Å². The zero-order valence-corrected chi connectivity index (χ0v) is 7.09. The largest absolute Gasteiger partial charge is 0.357 e. The Balaban J connectivity index is 4.11. The van der Waals surface area contributed by atoms with E-state index in [2.05, 4.69) is 10.6 Å². The Morgan fingerprint density at radius 1 is 1.50 bits per heavy atom. The van der Waals surface area contributed by atoms with E-state index in [0.29, 0.717) is 6.29 Å². The number of carbonyl (C=O) groups excluding carboxylic acids is 3. The van der Waals surface area contributed by atoms with Gasteiger partial charge in [-0.2, -0.15) is 0 Å². The molecule has 0 aromatic rings. The van der Waals surface area contributed by atoms with Gasteiger partial charge in [0.1, 0.15) is 12.3 Å². The molecule has 1 unspecified atom stereocenters. The van der Waals surface area contributed by atoms with Crippen LogP contribution in [0.1, 0.15) is 13.3 Å². The summed E-state index contributed by atoms with van der Waals surface area (Å²) in [6.45, 7) is 1.29. The van der Waals surface area contributed by atoms with Gasteiger partial charge in [0.2, 0.25) is 11.8 Å². The topological polar surface area (TPSA) is 75.3 Å². The van der Waals surface area contributed by atoms with Crippen molar-refractivity contribution in [3.05, 3.63) is 0 Å². The summed E-state index contributed by atoms with van der Waals surface area (Å²) in [6, 6.07) is -0.745. The molecule has 0 saturated heterocycles. The van der Waals surface area contributed by atoms with Gasteiger partial charge in [0.05, 0.1) is 0 Å². The van der Waals surface area contributed by atoms with E-state index in [1.54, 1.807) is 0 Å². The molecule has 0 aliphatic rings. The highest BCUT2D eigenvalue weighted by atomic mass is 16.2. The van der Waals surface area contributed by atoms with E-state index < -0.39 is 6.04 Å². The molecular weight excluding hydrogens is 160 g/mol. The molecule has 0 aliphatic heterocycles. The SMILES string of the molecule is CNC(=O)C(CC=O)NC(C)=O. The minimum absolute atomic E-state index is 0.000741. The molecule has 0 spiro atoms. The van der Waals surface area contributed by atoms with Crippen LogP contribution in [0.4, 0.5) is 0 Å². The Kier molecular flexibility index (Phi) is 4.67. The number of likely N-dealkylation sites (N-methyl/N-ethyl adjacent to an activating group) is 1. The Morgan fingerprint density at radius 2 is 2.08 bits per heavy atom. The molecule has 1 atom stereocenters. The Bertz CT molecular complexity index is 191. The number of rotatable bonds is 4. The molecule has 0 aromatic heterocycles. The third-order valence-electron chi connectivity index (χ3n) is 1.27. The molecule has 0 heterocycles. The monoisotopic (exact) mass is 172 g/mol. The van der Waals surface area contributed by atoms with Gasteiger partial charge in [-0.25, -0.2) is 0 Å². The zero-order valence-electron chi connectivity index (χ0n) is 7.09. The maximum atomic E-state index is 11.0. The van der Waals surface area contributed by atoms with Gasteiger partial charge in [0.25, 0.3) is 0 Å². The predicted molar refractivity (Wildman–Crippen MR) is 42.4 cm³/mol. The van der Waals surface area contributed by atoms with E-state index in [9.17, 15) is 14.4 Å². The second kappa shape index (κ2) is 5.29. The highest BCUT2D eigenvalue weighted by Gasteiger charge is 2.16. The number of hydrogen-bond acceptors (Lipinski definition) is 3. The van der Waals surface area contributed by atoms with Gasteiger partial charge in [0, 0.05) is 20.4 Å². The van der Waals surface area contributed by atoms with E-state index in [1.807, 2.05) is 0 Å². The summed E-state index contributed by atoms with van der Waals surface area (Å²) in [5.41, 5.74) is 0. The Labute approximate surface area is 70.5 Å². The minimum atomic E-state index is -0.745. The van der Waals surface area contributed by atoms with Crippen LogP contribution in [0.5, 0.6) is 0 Å². The molecule has 2 amide bonds. The van der Waals surface area contributed by atoms with Gasteiger partial charge in [-0.1, -0.05) is 0 Å². The van der Waals surface area contributed by atoms with Crippen LogP contribution in [0.15, 0.2) is 0 Å². The lowest BCUT2D eigenvalue weighted by atomic mass is 10.2. The summed E-state index contributed by atoms with van der Waals surface area (Å²) in [5.74, 6) is -0.692. The maximum Gasteiger partial charge on any atom is 0.242 e. The molecule has 0 radical (unpaired) electrons. The van der Waals surface area contributed by atoms with E-state index in [0.717, 1.165) is 0 Å². The molecule has 0 rings (SSSR count). The minimum Gasteiger partial charge on any atom is -0.357 e. The summed E-state index contributed by atoms with van der Waals surface area (Å²) in [5, 5.41) is 4.69. The summed E-state index contributed by atoms with van der Waals surface area (Å²) >= 11 is 0. The van der Waals surface area contributed by atoms with Crippen LogP contribution in [0.3, 0.4) is 0 Å². The fraction of sp³-hybridized carbons (Fsp3) is 0.571. The quantitative estimate of drug-likeness (QED) is 0.524. The highest BCUT2D eigenvalue weighted by molar-refractivity contribution is 5.88. The number of hydrogen-bond donors (Lipinski definition) is 2. The first-order valence-corrected chi connectivity index (χ1v) is 3.54. The van der Waals surface area contributed by atoms with Crippen LogP contribution in [-0.2, 0) is 14.4 Å². The van der Waals surface area contributed by atoms with Crippen molar-refractivity contribution in [1.29, 1.82) is 0 Å². The lowest BCUT2D eigenvalue weighted by Gasteiger charge is -2.12. The average molecular weight is 172 g/mol. The first kappa shape index (κ1) is 10.6. The van der Waals surface area contributed by atoms with E-state index in [-0.39, 0.29) is 18.2 Å². The van der Waals surface area contributed by atoms with Gasteiger partial charge in [0.15, 0.2) is 0 Å². The fourth-order valence-corrected chi connectivity index (χ4v) is 0.747. The third kappa shape index (κ3) is 3.70. The molecule has 0 fully saturated rings. The molecule has 2 N–H and O–H groups in total. The van der Waals surface area contributed by atoms with Crippen molar-refractivity contribution < 1.29 is 14.4 Å². The maximum absolute atomic E-state index is 11.0. The van der Waals surface area contributed by atoms with Crippen molar-refractivity contribution in [2.45, 2.75) is 19.4 Å². The molecule has 0 bridgehead atoms. The molecular formula is C7H12N2O3. The van der Waals surface area contributed by atoms with Crippen molar-refractivity contribution in [3.8, 4) is 0 Å². The molecule has 12 heavy (non-hydrogen) atoms. The van der Waals surface area contributed by atoms with Crippen molar-refractivity contribution in [1.82, 2.24) is 10.6 Å². The summed E-state index contributed by atoms with van der Waals surface area (Å²) in [6.07, 6.45) is 0.592. The number of nitrogens with one attached hydrogen (secondary N) is 2. The smallest absolute Gasteiger partial charge is 0.242 e. The van der Waals surface area contributed by atoms with E-state index >= 15 is 0 Å². The highest BCUT2D eigenvalue weighted by Crippen LogP contribution is 1.88. The van der Waals surface area contributed by atoms with Crippen LogP contribution < -0.4 is 10.6 Å². The second-order valence-electron chi connectivity index (χ2n) is 2.27. The van der Waals surface area contributed by atoms with Crippen molar-refractivity contribution in [2.24, 2.45) is 0 Å². The standard InChI is InChI=1S/C7H12N2O3/c1-5(11)9-6(3-4-10)7(12)8-2/h4,6H,3H2,1-2H3,(H,8,12)(H,9,11). The Hall–Kier alpha value is -1.39. The molecule has 68 valence electrons. The van der Waals surface area contributed by atoms with Gasteiger partial charge < -0.3 is 15.4 Å². The summed E-state index contributed by atoms with van der Waals surface area (Å²) < 4.78 is 0. The van der Waals surface area contributed by atoms with E-state index in [4.69, 9.17) is 0 Å². The van der Waals surface area contributed by atoms with Gasteiger partial charge in [-0.3, -0.25) is 9.59 Å².